The number of ketones is 1. The summed E-state index contributed by atoms with van der Waals surface area (Å²) in [6.45, 7) is 0. The SMILES string of the molecule is O=C(/C=C/c1c(O)ccc2ccccc12)c1cccnc1. The maximum atomic E-state index is 12.1. The molecule has 0 saturated carbocycles. The van der Waals surface area contributed by atoms with Gasteiger partial charge in [0.05, 0.1) is 0 Å². The van der Waals surface area contributed by atoms with Gasteiger partial charge in [-0.2, -0.15) is 0 Å². The van der Waals surface area contributed by atoms with Gasteiger partial charge in [0.15, 0.2) is 5.78 Å². The van der Waals surface area contributed by atoms with Gasteiger partial charge in [-0.05, 0) is 41.1 Å². The topological polar surface area (TPSA) is 50.2 Å². The molecule has 0 unspecified atom stereocenters. The maximum absolute atomic E-state index is 12.1. The molecule has 0 aliphatic rings. The Hall–Kier alpha value is -2.94. The fourth-order valence-electron chi connectivity index (χ4n) is 2.22. The molecule has 3 aromatic rings. The molecule has 0 aliphatic heterocycles. The summed E-state index contributed by atoms with van der Waals surface area (Å²) in [7, 11) is 0. The third-order valence-corrected chi connectivity index (χ3v) is 3.30. The summed E-state index contributed by atoms with van der Waals surface area (Å²) in [6.07, 6.45) is 6.25. The van der Waals surface area contributed by atoms with E-state index in [9.17, 15) is 9.90 Å². The number of benzene rings is 2. The van der Waals surface area contributed by atoms with Gasteiger partial charge in [-0.15, -0.1) is 0 Å². The number of rotatable bonds is 3. The van der Waals surface area contributed by atoms with Crippen LogP contribution in [0.25, 0.3) is 16.8 Å². The van der Waals surface area contributed by atoms with Gasteiger partial charge in [-0.25, -0.2) is 0 Å². The molecule has 0 atom stereocenters. The molecule has 0 radical (unpaired) electrons. The molecule has 0 fully saturated rings. The Morgan fingerprint density at radius 1 is 1.05 bits per heavy atom. The second-order valence-corrected chi connectivity index (χ2v) is 4.66. The monoisotopic (exact) mass is 275 g/mol. The molecule has 1 heterocycles. The summed E-state index contributed by atoms with van der Waals surface area (Å²) in [4.78, 5) is 16.0. The van der Waals surface area contributed by atoms with Gasteiger partial charge in [-0.3, -0.25) is 9.78 Å². The Labute approximate surface area is 122 Å². The van der Waals surface area contributed by atoms with Crippen molar-refractivity contribution in [3.8, 4) is 5.75 Å². The van der Waals surface area contributed by atoms with Crippen LogP contribution in [-0.2, 0) is 0 Å². The first-order chi connectivity index (χ1) is 10.3. The molecular formula is C18H13NO2. The van der Waals surface area contributed by atoms with Crippen molar-refractivity contribution in [2.45, 2.75) is 0 Å². The van der Waals surface area contributed by atoms with E-state index < -0.39 is 0 Å². The lowest BCUT2D eigenvalue weighted by molar-refractivity contribution is 0.104. The van der Waals surface area contributed by atoms with E-state index in [2.05, 4.69) is 4.98 Å². The average molecular weight is 275 g/mol. The lowest BCUT2D eigenvalue weighted by atomic mass is 10.0. The number of hydrogen-bond donors (Lipinski definition) is 1. The molecule has 102 valence electrons. The maximum Gasteiger partial charge on any atom is 0.187 e. The Morgan fingerprint density at radius 3 is 2.71 bits per heavy atom. The van der Waals surface area contributed by atoms with Gasteiger partial charge < -0.3 is 5.11 Å². The molecule has 2 aromatic carbocycles. The van der Waals surface area contributed by atoms with Crippen molar-refractivity contribution in [1.82, 2.24) is 4.98 Å². The predicted octanol–water partition coefficient (Wildman–Crippen LogP) is 3.84. The van der Waals surface area contributed by atoms with E-state index in [4.69, 9.17) is 0 Å². The summed E-state index contributed by atoms with van der Waals surface area (Å²) < 4.78 is 0. The molecular weight excluding hydrogens is 262 g/mol. The fourth-order valence-corrected chi connectivity index (χ4v) is 2.22. The van der Waals surface area contributed by atoms with Gasteiger partial charge in [0.25, 0.3) is 0 Å². The van der Waals surface area contributed by atoms with Crippen molar-refractivity contribution < 1.29 is 9.90 Å². The Bertz CT molecular complexity index is 823. The number of hydrogen-bond acceptors (Lipinski definition) is 3. The molecule has 1 N–H and O–H groups in total. The third kappa shape index (κ3) is 2.67. The van der Waals surface area contributed by atoms with Crippen LogP contribution in [0.2, 0.25) is 0 Å². The van der Waals surface area contributed by atoms with Crippen molar-refractivity contribution in [3.05, 3.63) is 78.1 Å². The highest BCUT2D eigenvalue weighted by Gasteiger charge is 2.05. The first-order valence-corrected chi connectivity index (χ1v) is 6.59. The first kappa shape index (κ1) is 13.1. The van der Waals surface area contributed by atoms with E-state index in [0.717, 1.165) is 10.8 Å². The second kappa shape index (κ2) is 5.59. The highest BCUT2D eigenvalue weighted by molar-refractivity contribution is 6.08. The van der Waals surface area contributed by atoms with E-state index in [1.807, 2.05) is 30.3 Å². The largest absolute Gasteiger partial charge is 0.507 e. The van der Waals surface area contributed by atoms with Crippen molar-refractivity contribution in [2.75, 3.05) is 0 Å². The van der Waals surface area contributed by atoms with Crippen molar-refractivity contribution >= 4 is 22.6 Å². The number of carbonyl (C=O) groups is 1. The van der Waals surface area contributed by atoms with E-state index in [1.165, 1.54) is 12.3 Å². The summed E-state index contributed by atoms with van der Waals surface area (Å²) >= 11 is 0. The van der Waals surface area contributed by atoms with Crippen LogP contribution in [0.15, 0.2) is 67.0 Å². The summed E-state index contributed by atoms with van der Waals surface area (Å²) in [5.41, 5.74) is 1.17. The Morgan fingerprint density at radius 2 is 1.90 bits per heavy atom. The van der Waals surface area contributed by atoms with Crippen LogP contribution >= 0.6 is 0 Å². The highest BCUT2D eigenvalue weighted by atomic mass is 16.3. The molecule has 21 heavy (non-hydrogen) atoms. The molecule has 0 bridgehead atoms. The smallest absolute Gasteiger partial charge is 0.187 e. The molecule has 0 saturated heterocycles. The molecule has 0 amide bonds. The first-order valence-electron chi connectivity index (χ1n) is 6.59. The Kier molecular flexibility index (Phi) is 3.48. The van der Waals surface area contributed by atoms with Crippen molar-refractivity contribution in [1.29, 1.82) is 0 Å². The highest BCUT2D eigenvalue weighted by Crippen LogP contribution is 2.28. The van der Waals surface area contributed by atoms with Crippen LogP contribution in [0.1, 0.15) is 15.9 Å². The standard InChI is InChI=1S/C18H13NO2/c20-17(14-5-3-11-19-12-14)10-8-16-15-6-2-1-4-13(15)7-9-18(16)21/h1-12,21H/b10-8+. The van der Waals surface area contributed by atoms with Crippen molar-refractivity contribution in [3.63, 3.8) is 0 Å². The molecule has 3 heteroatoms. The van der Waals surface area contributed by atoms with Crippen LogP contribution in [0.3, 0.4) is 0 Å². The van der Waals surface area contributed by atoms with Gasteiger partial charge in [-0.1, -0.05) is 30.3 Å². The number of phenolic OH excluding ortho intramolecular Hbond substituents is 1. The zero-order chi connectivity index (χ0) is 14.7. The minimum atomic E-state index is -0.143. The molecule has 0 aliphatic carbocycles. The zero-order valence-corrected chi connectivity index (χ0v) is 11.2. The second-order valence-electron chi connectivity index (χ2n) is 4.66. The van der Waals surface area contributed by atoms with Crippen LogP contribution in [0.4, 0.5) is 0 Å². The van der Waals surface area contributed by atoms with E-state index in [-0.39, 0.29) is 11.5 Å². The number of aromatic nitrogens is 1. The molecule has 3 rings (SSSR count). The fraction of sp³-hybridized carbons (Fsp3) is 0. The summed E-state index contributed by atoms with van der Waals surface area (Å²) in [5, 5.41) is 11.9. The summed E-state index contributed by atoms with van der Waals surface area (Å²) in [6, 6.07) is 14.6. The molecule has 3 nitrogen and oxygen atoms in total. The van der Waals surface area contributed by atoms with E-state index in [1.54, 1.807) is 30.5 Å². The normalized spacial score (nSPS) is 11.0. The van der Waals surface area contributed by atoms with Gasteiger partial charge >= 0.3 is 0 Å². The van der Waals surface area contributed by atoms with E-state index in [0.29, 0.717) is 11.1 Å². The lowest BCUT2D eigenvalue weighted by Gasteiger charge is -2.04. The lowest BCUT2D eigenvalue weighted by Crippen LogP contribution is -1.94. The minimum absolute atomic E-state index is 0.143. The van der Waals surface area contributed by atoms with E-state index >= 15 is 0 Å². The van der Waals surface area contributed by atoms with Crippen molar-refractivity contribution in [2.24, 2.45) is 0 Å². The number of fused-ring (bicyclic) bond motifs is 1. The van der Waals surface area contributed by atoms with Crippen LogP contribution in [0, 0.1) is 0 Å². The Balaban J connectivity index is 2.00. The molecule has 0 spiro atoms. The predicted molar refractivity (Wildman–Crippen MR) is 83.2 cm³/mol. The number of aromatic hydroxyl groups is 1. The number of carbonyl (C=O) groups excluding carboxylic acids is 1. The van der Waals surface area contributed by atoms with Gasteiger partial charge in [0.1, 0.15) is 5.75 Å². The van der Waals surface area contributed by atoms with Crippen LogP contribution in [0.5, 0.6) is 5.75 Å². The average Bonchev–Trinajstić information content (AvgIpc) is 2.54. The van der Waals surface area contributed by atoms with Crippen LogP contribution < -0.4 is 0 Å². The number of nitrogens with zero attached hydrogens (tertiary/aromatic N) is 1. The number of phenols is 1. The van der Waals surface area contributed by atoms with Gasteiger partial charge in [0.2, 0.25) is 0 Å². The van der Waals surface area contributed by atoms with Gasteiger partial charge in [0, 0.05) is 23.5 Å². The number of allylic oxidation sites excluding steroid dienone is 1. The zero-order valence-electron chi connectivity index (χ0n) is 11.2. The van der Waals surface area contributed by atoms with Crippen LogP contribution in [-0.4, -0.2) is 15.9 Å². The quantitative estimate of drug-likeness (QED) is 0.583. The summed E-state index contributed by atoms with van der Waals surface area (Å²) in [5.74, 6) is 0.0133. The molecule has 1 aromatic heterocycles. The minimum Gasteiger partial charge on any atom is -0.507 e. The third-order valence-electron chi connectivity index (χ3n) is 3.30. The number of pyridine rings is 1.